The fraction of sp³-hybridized carbons (Fsp3) is 0.409. The molecule has 2 aromatic carbocycles. The molecule has 0 aliphatic carbocycles. The fourth-order valence-electron chi connectivity index (χ4n) is 2.47. The first kappa shape index (κ1) is 19.8. The number of nitrogens with one attached hydrogen (secondary N) is 1. The third kappa shape index (κ3) is 6.79. The molecule has 0 spiro atoms. The molecule has 2 aromatic rings. The molecule has 0 radical (unpaired) electrons. The highest BCUT2D eigenvalue weighted by atomic mass is 16.5. The van der Waals surface area contributed by atoms with Crippen molar-refractivity contribution in [2.24, 2.45) is 0 Å². The molecule has 0 fully saturated rings. The monoisotopic (exact) mass is 355 g/mol. The summed E-state index contributed by atoms with van der Waals surface area (Å²) >= 11 is 0. The van der Waals surface area contributed by atoms with Crippen molar-refractivity contribution in [3.8, 4) is 11.5 Å². The topological polar surface area (TPSA) is 47.6 Å². The van der Waals surface area contributed by atoms with E-state index >= 15 is 0 Å². The van der Waals surface area contributed by atoms with E-state index in [4.69, 9.17) is 9.47 Å². The maximum absolute atomic E-state index is 12.3. The third-order valence-corrected chi connectivity index (χ3v) is 4.09. The van der Waals surface area contributed by atoms with E-state index in [9.17, 15) is 4.79 Å². The molecule has 0 unspecified atom stereocenters. The van der Waals surface area contributed by atoms with Crippen molar-refractivity contribution in [2.75, 3.05) is 11.9 Å². The summed E-state index contributed by atoms with van der Waals surface area (Å²) < 4.78 is 11.4. The van der Waals surface area contributed by atoms with E-state index in [2.05, 4.69) is 12.2 Å². The highest BCUT2D eigenvalue weighted by Gasteiger charge is 2.14. The Bertz CT molecular complexity index is 665. The minimum absolute atomic E-state index is 0.182. The summed E-state index contributed by atoms with van der Waals surface area (Å²) in [5, 5.41) is 2.87. The number of carbonyl (C=O) groups is 1. The van der Waals surface area contributed by atoms with Crippen LogP contribution in [0.1, 0.15) is 45.1 Å². The van der Waals surface area contributed by atoms with Crippen LogP contribution in [0.5, 0.6) is 11.5 Å². The largest absolute Gasteiger partial charge is 0.494 e. The number of hydrogen-bond acceptors (Lipinski definition) is 3. The average molecular weight is 355 g/mol. The number of anilines is 1. The van der Waals surface area contributed by atoms with Gasteiger partial charge in [-0.1, -0.05) is 43.9 Å². The minimum Gasteiger partial charge on any atom is -0.494 e. The first-order valence-electron chi connectivity index (χ1n) is 9.35. The zero-order chi connectivity index (χ0) is 18.8. The van der Waals surface area contributed by atoms with Gasteiger partial charge in [-0.05, 0) is 56.7 Å². The van der Waals surface area contributed by atoms with Gasteiger partial charge in [0, 0.05) is 5.69 Å². The Morgan fingerprint density at radius 3 is 2.27 bits per heavy atom. The second kappa shape index (κ2) is 10.5. The van der Waals surface area contributed by atoms with Gasteiger partial charge in [0.2, 0.25) is 0 Å². The second-order valence-electron chi connectivity index (χ2n) is 6.50. The molecule has 0 heterocycles. The molecule has 0 aliphatic heterocycles. The molecule has 0 saturated carbocycles. The molecule has 0 bridgehead atoms. The van der Waals surface area contributed by atoms with Gasteiger partial charge in [-0.2, -0.15) is 0 Å². The van der Waals surface area contributed by atoms with Crippen LogP contribution in [-0.2, 0) is 4.79 Å². The Morgan fingerprint density at radius 1 is 0.962 bits per heavy atom. The Balaban J connectivity index is 1.78. The molecular weight excluding hydrogens is 326 g/mol. The van der Waals surface area contributed by atoms with E-state index in [0.29, 0.717) is 5.75 Å². The molecule has 1 amide bonds. The summed E-state index contributed by atoms with van der Waals surface area (Å²) in [5.41, 5.74) is 1.88. The van der Waals surface area contributed by atoms with Gasteiger partial charge in [-0.15, -0.1) is 0 Å². The first-order chi connectivity index (χ1) is 12.6. The van der Waals surface area contributed by atoms with Crippen molar-refractivity contribution in [3.05, 3.63) is 54.1 Å². The van der Waals surface area contributed by atoms with Gasteiger partial charge in [0.05, 0.1) is 6.61 Å². The van der Waals surface area contributed by atoms with Crippen molar-refractivity contribution in [3.63, 3.8) is 0 Å². The quantitative estimate of drug-likeness (QED) is 0.584. The van der Waals surface area contributed by atoms with E-state index in [0.717, 1.165) is 30.0 Å². The number of benzene rings is 2. The molecular formula is C22H29NO3. The van der Waals surface area contributed by atoms with Crippen LogP contribution in [0.15, 0.2) is 48.5 Å². The van der Waals surface area contributed by atoms with Crippen molar-refractivity contribution in [1.29, 1.82) is 0 Å². The average Bonchev–Trinajstić information content (AvgIpc) is 2.64. The number of amides is 1. The van der Waals surface area contributed by atoms with Crippen molar-refractivity contribution < 1.29 is 14.3 Å². The van der Waals surface area contributed by atoms with Crippen LogP contribution in [-0.4, -0.2) is 18.6 Å². The Labute approximate surface area is 156 Å². The minimum atomic E-state index is -0.577. The van der Waals surface area contributed by atoms with E-state index in [-0.39, 0.29) is 5.91 Å². The second-order valence-corrected chi connectivity index (χ2v) is 6.50. The van der Waals surface area contributed by atoms with Gasteiger partial charge in [-0.3, -0.25) is 4.79 Å². The normalized spacial score (nSPS) is 11.7. The lowest BCUT2D eigenvalue weighted by molar-refractivity contribution is -0.122. The van der Waals surface area contributed by atoms with Gasteiger partial charge in [0.15, 0.2) is 6.10 Å². The number of rotatable bonds is 10. The zero-order valence-corrected chi connectivity index (χ0v) is 16.0. The highest BCUT2D eigenvalue weighted by Crippen LogP contribution is 2.18. The smallest absolute Gasteiger partial charge is 0.265 e. The van der Waals surface area contributed by atoms with Gasteiger partial charge in [0.25, 0.3) is 5.91 Å². The fourth-order valence-corrected chi connectivity index (χ4v) is 2.47. The van der Waals surface area contributed by atoms with Crippen molar-refractivity contribution in [1.82, 2.24) is 0 Å². The Morgan fingerprint density at radius 2 is 1.62 bits per heavy atom. The molecule has 0 aromatic heterocycles. The number of hydrogen-bond donors (Lipinski definition) is 1. The van der Waals surface area contributed by atoms with Gasteiger partial charge in [-0.25, -0.2) is 0 Å². The number of ether oxygens (including phenoxy) is 2. The number of aryl methyl sites for hydroxylation is 1. The molecule has 4 heteroatoms. The highest BCUT2D eigenvalue weighted by molar-refractivity contribution is 5.94. The molecule has 2 rings (SSSR count). The standard InChI is InChI=1S/C22H29NO3/c1-4-5-6-7-16-25-20-14-10-19(11-15-20)23-22(24)18(3)26-21-12-8-17(2)9-13-21/h8-15,18H,4-7,16H2,1-3H3,(H,23,24)/t18-/m1/s1. The molecule has 26 heavy (non-hydrogen) atoms. The summed E-state index contributed by atoms with van der Waals surface area (Å²) in [6.45, 7) is 6.68. The molecule has 4 nitrogen and oxygen atoms in total. The lowest BCUT2D eigenvalue weighted by Crippen LogP contribution is -2.30. The van der Waals surface area contributed by atoms with Crippen LogP contribution in [0.2, 0.25) is 0 Å². The predicted molar refractivity (Wildman–Crippen MR) is 106 cm³/mol. The number of carbonyl (C=O) groups excluding carboxylic acids is 1. The van der Waals surface area contributed by atoms with Crippen LogP contribution in [0.4, 0.5) is 5.69 Å². The predicted octanol–water partition coefficient (Wildman–Crippen LogP) is 5.36. The van der Waals surface area contributed by atoms with Crippen LogP contribution in [0, 0.1) is 6.92 Å². The Hall–Kier alpha value is -2.49. The van der Waals surface area contributed by atoms with Gasteiger partial charge in [0.1, 0.15) is 11.5 Å². The van der Waals surface area contributed by atoms with Crippen molar-refractivity contribution in [2.45, 2.75) is 52.6 Å². The summed E-state index contributed by atoms with van der Waals surface area (Å²) in [4.78, 5) is 12.3. The molecule has 0 saturated heterocycles. The maximum Gasteiger partial charge on any atom is 0.265 e. The van der Waals surface area contributed by atoms with E-state index in [1.54, 1.807) is 6.92 Å². The lowest BCUT2D eigenvalue weighted by Gasteiger charge is -2.15. The van der Waals surface area contributed by atoms with Gasteiger partial charge >= 0.3 is 0 Å². The van der Waals surface area contributed by atoms with Gasteiger partial charge < -0.3 is 14.8 Å². The SMILES string of the molecule is CCCCCCOc1ccc(NC(=O)[C@@H](C)Oc2ccc(C)cc2)cc1. The van der Waals surface area contributed by atoms with E-state index in [1.165, 1.54) is 19.3 Å². The first-order valence-corrected chi connectivity index (χ1v) is 9.35. The molecule has 1 atom stereocenters. The summed E-state index contributed by atoms with van der Waals surface area (Å²) in [6.07, 6.45) is 4.16. The third-order valence-electron chi connectivity index (χ3n) is 4.09. The van der Waals surface area contributed by atoms with Crippen molar-refractivity contribution >= 4 is 11.6 Å². The molecule has 0 aliphatic rings. The summed E-state index contributed by atoms with van der Waals surface area (Å²) in [5.74, 6) is 1.33. The molecule has 140 valence electrons. The lowest BCUT2D eigenvalue weighted by atomic mass is 10.2. The zero-order valence-electron chi connectivity index (χ0n) is 16.0. The molecule has 1 N–H and O–H groups in total. The Kier molecular flexibility index (Phi) is 8.00. The van der Waals surface area contributed by atoms with E-state index in [1.807, 2.05) is 55.5 Å². The summed E-state index contributed by atoms with van der Waals surface area (Å²) in [6, 6.07) is 15.1. The summed E-state index contributed by atoms with van der Waals surface area (Å²) in [7, 11) is 0. The van der Waals surface area contributed by atoms with Crippen LogP contribution >= 0.6 is 0 Å². The van der Waals surface area contributed by atoms with Crippen LogP contribution in [0.25, 0.3) is 0 Å². The number of unbranched alkanes of at least 4 members (excludes halogenated alkanes) is 3. The van der Waals surface area contributed by atoms with E-state index < -0.39 is 6.10 Å². The van der Waals surface area contributed by atoms with Crippen LogP contribution in [0.3, 0.4) is 0 Å². The maximum atomic E-state index is 12.3. The van der Waals surface area contributed by atoms with Crippen LogP contribution < -0.4 is 14.8 Å².